The molecule has 170 valence electrons. The van der Waals surface area contributed by atoms with E-state index in [1.807, 2.05) is 0 Å². The molecule has 1 aliphatic carbocycles. The van der Waals surface area contributed by atoms with Crippen LogP contribution in [0.4, 0.5) is 22.0 Å². The van der Waals surface area contributed by atoms with E-state index in [0.717, 1.165) is 6.07 Å². The van der Waals surface area contributed by atoms with E-state index in [-0.39, 0.29) is 37.6 Å². The Balaban J connectivity index is 1.93. The molecule has 2 N–H and O–H groups in total. The van der Waals surface area contributed by atoms with Crippen molar-refractivity contribution in [3.05, 3.63) is 41.1 Å². The van der Waals surface area contributed by atoms with Gasteiger partial charge in [0.15, 0.2) is 5.78 Å². The van der Waals surface area contributed by atoms with E-state index in [1.54, 1.807) is 13.8 Å². The molecule has 1 saturated heterocycles. The first-order valence-corrected chi connectivity index (χ1v) is 9.37. The number of carbonyl (C=O) groups is 2. The van der Waals surface area contributed by atoms with Gasteiger partial charge < -0.3 is 20.1 Å². The second-order valence-electron chi connectivity index (χ2n) is 8.22. The van der Waals surface area contributed by atoms with Crippen LogP contribution in [0.15, 0.2) is 30.0 Å². The topological polar surface area (TPSA) is 81.9 Å². The molecule has 0 aromatic heterocycles. The van der Waals surface area contributed by atoms with Crippen LogP contribution in [0.1, 0.15) is 36.2 Å². The Morgan fingerprint density at radius 3 is 2.55 bits per heavy atom. The Hall–Kier alpha value is -2.69. The number of Topliss-reactive ketones (excluding diaryl/α,β-unsaturated/α-hetero) is 1. The van der Waals surface area contributed by atoms with Gasteiger partial charge >= 0.3 is 12.8 Å². The zero-order valence-electron chi connectivity index (χ0n) is 16.8. The van der Waals surface area contributed by atoms with Gasteiger partial charge in [0.05, 0.1) is 30.0 Å². The molecular formula is C20H21F5N2O4. The summed E-state index contributed by atoms with van der Waals surface area (Å²) < 4.78 is 74.5. The summed E-state index contributed by atoms with van der Waals surface area (Å²) in [6.07, 6.45) is -3.15. The number of hydrogen-bond donors (Lipinski definition) is 1. The van der Waals surface area contributed by atoms with Crippen molar-refractivity contribution in [2.45, 2.75) is 38.7 Å². The maximum Gasteiger partial charge on any atom is 0.416 e. The molecule has 0 radical (unpaired) electrons. The SMILES string of the molecule is CC1(C)CC2(C=C(N)C1=O)CN(C(=O)c1ccc(C(F)(F)F)cc1OC(F)F)CCO2. The molecule has 11 heteroatoms. The Bertz CT molecular complexity index is 929. The third-order valence-electron chi connectivity index (χ3n) is 5.29. The smallest absolute Gasteiger partial charge is 0.416 e. The van der Waals surface area contributed by atoms with E-state index in [4.69, 9.17) is 10.5 Å². The lowest BCUT2D eigenvalue weighted by Gasteiger charge is -2.46. The standard InChI is InChI=1S/C20H21F5N2O4/c1-18(2)9-19(8-13(26)15(18)28)10-27(5-6-30-19)16(29)12-4-3-11(20(23,24)25)7-14(12)31-17(21)22/h3-4,7-8,17H,5-6,9-10,26H2,1-2H3. The lowest BCUT2D eigenvalue weighted by molar-refractivity contribution is -0.138. The summed E-state index contributed by atoms with van der Waals surface area (Å²) in [5.74, 6) is -1.93. The van der Waals surface area contributed by atoms with Crippen molar-refractivity contribution in [1.82, 2.24) is 4.90 Å². The molecule has 1 amide bonds. The van der Waals surface area contributed by atoms with Gasteiger partial charge in [0.2, 0.25) is 0 Å². The lowest BCUT2D eigenvalue weighted by atomic mass is 9.71. The molecule has 31 heavy (non-hydrogen) atoms. The van der Waals surface area contributed by atoms with Gasteiger partial charge in [-0.15, -0.1) is 0 Å². The van der Waals surface area contributed by atoms with Crippen LogP contribution in [-0.2, 0) is 15.7 Å². The Morgan fingerprint density at radius 2 is 1.97 bits per heavy atom. The van der Waals surface area contributed by atoms with Crippen LogP contribution in [0.3, 0.4) is 0 Å². The van der Waals surface area contributed by atoms with Crippen molar-refractivity contribution >= 4 is 11.7 Å². The third kappa shape index (κ3) is 4.65. The zero-order valence-corrected chi connectivity index (χ0v) is 16.8. The molecule has 1 spiro atoms. The number of benzene rings is 1. The van der Waals surface area contributed by atoms with Crippen molar-refractivity contribution in [2.75, 3.05) is 19.7 Å². The van der Waals surface area contributed by atoms with E-state index >= 15 is 0 Å². The molecule has 3 rings (SSSR count). The number of rotatable bonds is 3. The number of allylic oxidation sites excluding steroid dienone is 1. The number of morpholine rings is 1. The molecule has 0 saturated carbocycles. The summed E-state index contributed by atoms with van der Waals surface area (Å²) in [7, 11) is 0. The van der Waals surface area contributed by atoms with Crippen molar-refractivity contribution in [3.63, 3.8) is 0 Å². The van der Waals surface area contributed by atoms with Crippen LogP contribution in [0.2, 0.25) is 0 Å². The minimum atomic E-state index is -4.80. The highest BCUT2D eigenvalue weighted by Gasteiger charge is 2.48. The van der Waals surface area contributed by atoms with Gasteiger partial charge in [-0.3, -0.25) is 9.59 Å². The highest BCUT2D eigenvalue weighted by atomic mass is 19.4. The maximum atomic E-state index is 13.0. The predicted molar refractivity (Wildman–Crippen MR) is 98.3 cm³/mol. The van der Waals surface area contributed by atoms with Crippen LogP contribution in [-0.4, -0.2) is 48.5 Å². The third-order valence-corrected chi connectivity index (χ3v) is 5.29. The van der Waals surface area contributed by atoms with Crippen LogP contribution in [0.25, 0.3) is 0 Å². The van der Waals surface area contributed by atoms with Gasteiger partial charge in [-0.1, -0.05) is 13.8 Å². The summed E-state index contributed by atoms with van der Waals surface area (Å²) in [5.41, 5.74) is 2.24. The van der Waals surface area contributed by atoms with E-state index in [2.05, 4.69) is 4.74 Å². The molecule has 1 unspecified atom stereocenters. The minimum absolute atomic E-state index is 0.0122. The minimum Gasteiger partial charge on any atom is -0.434 e. The van der Waals surface area contributed by atoms with Crippen molar-refractivity contribution < 1.29 is 41.0 Å². The molecule has 0 bridgehead atoms. The fourth-order valence-electron chi connectivity index (χ4n) is 4.03. The fraction of sp³-hybridized carbons (Fsp3) is 0.500. The Morgan fingerprint density at radius 1 is 1.29 bits per heavy atom. The first-order valence-electron chi connectivity index (χ1n) is 9.37. The van der Waals surface area contributed by atoms with Gasteiger partial charge in [0.1, 0.15) is 11.4 Å². The number of alkyl halides is 5. The van der Waals surface area contributed by atoms with Gasteiger partial charge in [0.25, 0.3) is 5.91 Å². The fourth-order valence-corrected chi connectivity index (χ4v) is 4.03. The number of nitrogens with two attached hydrogens (primary N) is 1. The molecular weight excluding hydrogens is 427 g/mol. The predicted octanol–water partition coefficient (Wildman–Crippen LogP) is 3.36. The molecule has 2 aliphatic rings. The van der Waals surface area contributed by atoms with Crippen molar-refractivity contribution in [3.8, 4) is 5.75 Å². The first-order chi connectivity index (χ1) is 14.2. The summed E-state index contributed by atoms with van der Waals surface area (Å²) in [5, 5.41) is 0. The summed E-state index contributed by atoms with van der Waals surface area (Å²) in [4.78, 5) is 26.6. The molecule has 1 atom stereocenters. The Kier molecular flexibility index (Phi) is 5.76. The molecule has 1 aliphatic heterocycles. The van der Waals surface area contributed by atoms with E-state index in [0.29, 0.717) is 12.1 Å². The van der Waals surface area contributed by atoms with Crippen LogP contribution >= 0.6 is 0 Å². The second kappa shape index (κ2) is 7.77. The largest absolute Gasteiger partial charge is 0.434 e. The van der Waals surface area contributed by atoms with E-state index < -0.39 is 46.6 Å². The van der Waals surface area contributed by atoms with Crippen molar-refractivity contribution in [2.24, 2.45) is 11.1 Å². The Labute approximate surface area is 174 Å². The number of hydrogen-bond acceptors (Lipinski definition) is 5. The van der Waals surface area contributed by atoms with Gasteiger partial charge in [-0.25, -0.2) is 0 Å². The first kappa shape index (κ1) is 23.0. The summed E-state index contributed by atoms with van der Waals surface area (Å²) in [6, 6.07) is 1.81. The molecule has 6 nitrogen and oxygen atoms in total. The normalized spacial score (nSPS) is 23.8. The van der Waals surface area contributed by atoms with E-state index in [1.165, 1.54) is 11.0 Å². The number of ether oxygens (including phenoxy) is 2. The number of amides is 1. The molecule has 1 aromatic carbocycles. The van der Waals surface area contributed by atoms with Crippen molar-refractivity contribution in [1.29, 1.82) is 0 Å². The number of ketones is 1. The van der Waals surface area contributed by atoms with E-state index in [9.17, 15) is 31.5 Å². The number of nitrogens with zero attached hydrogens (tertiary/aromatic N) is 1. The van der Waals surface area contributed by atoms with Gasteiger partial charge in [-0.2, -0.15) is 22.0 Å². The summed E-state index contributed by atoms with van der Waals surface area (Å²) >= 11 is 0. The van der Waals surface area contributed by atoms with Gasteiger partial charge in [-0.05, 0) is 30.7 Å². The molecule has 1 fully saturated rings. The van der Waals surface area contributed by atoms with Crippen LogP contribution in [0, 0.1) is 5.41 Å². The number of carbonyl (C=O) groups excluding carboxylic acids is 2. The quantitative estimate of drug-likeness (QED) is 0.718. The number of halogens is 5. The highest BCUT2D eigenvalue weighted by molar-refractivity contribution is 6.00. The van der Waals surface area contributed by atoms with Crippen LogP contribution in [0.5, 0.6) is 5.75 Å². The zero-order chi connectivity index (χ0) is 23.2. The molecule has 1 aromatic rings. The highest BCUT2D eigenvalue weighted by Crippen LogP contribution is 2.41. The lowest BCUT2D eigenvalue weighted by Crippen LogP contribution is -2.57. The average molecular weight is 448 g/mol. The second-order valence-corrected chi connectivity index (χ2v) is 8.22. The maximum absolute atomic E-state index is 13.0. The van der Waals surface area contributed by atoms with Gasteiger partial charge in [0, 0.05) is 12.0 Å². The molecule has 1 heterocycles. The summed E-state index contributed by atoms with van der Waals surface area (Å²) in [6.45, 7) is 0.0255. The average Bonchev–Trinajstić information content (AvgIpc) is 2.64. The van der Waals surface area contributed by atoms with Crippen LogP contribution < -0.4 is 10.5 Å². The monoisotopic (exact) mass is 448 g/mol.